The quantitative estimate of drug-likeness (QED) is 0.818. The van der Waals surface area contributed by atoms with Crippen LogP contribution < -0.4 is 10.1 Å². The molecule has 6 heteroatoms. The Balaban J connectivity index is 2.01. The molecular weight excluding hydrogens is 232 g/mol. The molecule has 0 unspecified atom stereocenters. The number of pyridine rings is 1. The molecule has 2 heterocycles. The Labute approximate surface area is 105 Å². The van der Waals surface area contributed by atoms with E-state index in [9.17, 15) is 0 Å². The summed E-state index contributed by atoms with van der Waals surface area (Å²) in [6.07, 6.45) is 3.29. The van der Waals surface area contributed by atoms with Crippen LogP contribution in [0.25, 0.3) is 0 Å². The number of ether oxygens (including phenoxy) is 1. The molecule has 94 valence electrons. The van der Waals surface area contributed by atoms with Crippen molar-refractivity contribution in [3.63, 3.8) is 0 Å². The van der Waals surface area contributed by atoms with Crippen molar-refractivity contribution in [2.45, 2.75) is 13.2 Å². The lowest BCUT2D eigenvalue weighted by atomic mass is 10.2. The Morgan fingerprint density at radius 1 is 1.28 bits per heavy atom. The molecule has 0 aliphatic heterocycles. The fourth-order valence-electron chi connectivity index (χ4n) is 1.44. The van der Waals surface area contributed by atoms with Crippen LogP contribution in [-0.2, 0) is 13.2 Å². The summed E-state index contributed by atoms with van der Waals surface area (Å²) >= 11 is 0. The van der Waals surface area contributed by atoms with Gasteiger partial charge in [0.05, 0.1) is 7.11 Å². The fraction of sp³-hybridized carbons (Fsp3) is 0.250. The second kappa shape index (κ2) is 5.92. The van der Waals surface area contributed by atoms with Crippen LogP contribution in [0.15, 0.2) is 30.6 Å². The van der Waals surface area contributed by atoms with Crippen molar-refractivity contribution in [2.75, 3.05) is 12.4 Å². The lowest BCUT2D eigenvalue weighted by Gasteiger charge is -2.07. The summed E-state index contributed by atoms with van der Waals surface area (Å²) in [6, 6.07) is 5.49. The van der Waals surface area contributed by atoms with Gasteiger partial charge in [0.25, 0.3) is 0 Å². The van der Waals surface area contributed by atoms with E-state index in [1.165, 1.54) is 0 Å². The van der Waals surface area contributed by atoms with Crippen LogP contribution in [0.2, 0.25) is 0 Å². The SMILES string of the molecule is COc1cc(CNc2ccnc(CO)n2)ccn1. The Hall–Kier alpha value is -2.21. The third-order valence-corrected chi connectivity index (χ3v) is 2.33. The van der Waals surface area contributed by atoms with E-state index in [1.54, 1.807) is 25.6 Å². The van der Waals surface area contributed by atoms with Crippen molar-refractivity contribution in [3.8, 4) is 5.88 Å². The molecule has 0 bridgehead atoms. The minimum atomic E-state index is -0.168. The molecule has 2 aromatic rings. The van der Waals surface area contributed by atoms with Crippen molar-refractivity contribution < 1.29 is 9.84 Å². The highest BCUT2D eigenvalue weighted by Crippen LogP contribution is 2.10. The number of aliphatic hydroxyl groups is 1. The number of nitrogens with zero attached hydrogens (tertiary/aromatic N) is 3. The molecule has 0 aliphatic rings. The highest BCUT2D eigenvalue weighted by Gasteiger charge is 2.00. The van der Waals surface area contributed by atoms with Crippen LogP contribution >= 0.6 is 0 Å². The summed E-state index contributed by atoms with van der Waals surface area (Å²) in [4.78, 5) is 12.1. The Morgan fingerprint density at radius 2 is 2.11 bits per heavy atom. The second-order valence-corrected chi connectivity index (χ2v) is 3.58. The summed E-state index contributed by atoms with van der Waals surface area (Å²) in [7, 11) is 1.58. The maximum atomic E-state index is 8.94. The molecule has 18 heavy (non-hydrogen) atoms. The van der Waals surface area contributed by atoms with Crippen LogP contribution in [0.1, 0.15) is 11.4 Å². The smallest absolute Gasteiger partial charge is 0.213 e. The predicted molar refractivity (Wildman–Crippen MR) is 66.1 cm³/mol. The summed E-state index contributed by atoms with van der Waals surface area (Å²) in [6.45, 7) is 0.430. The molecule has 2 rings (SSSR count). The standard InChI is InChI=1S/C12H14N4O2/c1-18-12-6-9(2-4-14-12)7-15-10-3-5-13-11(8-17)16-10/h2-6,17H,7-8H2,1H3,(H,13,15,16). The third-order valence-electron chi connectivity index (χ3n) is 2.33. The largest absolute Gasteiger partial charge is 0.481 e. The number of nitrogens with one attached hydrogen (secondary N) is 1. The van der Waals surface area contributed by atoms with Crippen LogP contribution in [0.3, 0.4) is 0 Å². The predicted octanol–water partition coefficient (Wildman–Crippen LogP) is 0.985. The van der Waals surface area contributed by atoms with E-state index < -0.39 is 0 Å². The normalized spacial score (nSPS) is 10.1. The van der Waals surface area contributed by atoms with Gasteiger partial charge in [0.1, 0.15) is 12.4 Å². The van der Waals surface area contributed by atoms with E-state index >= 15 is 0 Å². The average molecular weight is 246 g/mol. The fourth-order valence-corrected chi connectivity index (χ4v) is 1.44. The average Bonchev–Trinajstić information content (AvgIpc) is 2.45. The number of hydrogen-bond acceptors (Lipinski definition) is 6. The van der Waals surface area contributed by atoms with E-state index in [-0.39, 0.29) is 6.61 Å². The summed E-state index contributed by atoms with van der Waals surface area (Å²) in [5.74, 6) is 1.64. The summed E-state index contributed by atoms with van der Waals surface area (Å²) in [5.41, 5.74) is 1.03. The highest BCUT2D eigenvalue weighted by atomic mass is 16.5. The lowest BCUT2D eigenvalue weighted by Crippen LogP contribution is -2.04. The van der Waals surface area contributed by atoms with E-state index in [0.29, 0.717) is 24.1 Å². The van der Waals surface area contributed by atoms with Crippen LogP contribution in [0, 0.1) is 0 Å². The van der Waals surface area contributed by atoms with Gasteiger partial charge in [0, 0.05) is 25.0 Å². The molecule has 0 aromatic carbocycles. The molecule has 0 aliphatic carbocycles. The van der Waals surface area contributed by atoms with E-state index in [1.807, 2.05) is 12.1 Å². The number of hydrogen-bond donors (Lipinski definition) is 2. The maximum absolute atomic E-state index is 8.94. The number of methoxy groups -OCH3 is 1. The molecule has 0 spiro atoms. The molecule has 0 saturated carbocycles. The minimum absolute atomic E-state index is 0.168. The molecular formula is C12H14N4O2. The van der Waals surface area contributed by atoms with Gasteiger partial charge in [-0.25, -0.2) is 15.0 Å². The van der Waals surface area contributed by atoms with Crippen molar-refractivity contribution >= 4 is 5.82 Å². The molecule has 0 saturated heterocycles. The van der Waals surface area contributed by atoms with Crippen LogP contribution in [0.5, 0.6) is 5.88 Å². The number of aliphatic hydroxyl groups excluding tert-OH is 1. The van der Waals surface area contributed by atoms with Crippen molar-refractivity contribution in [2.24, 2.45) is 0 Å². The molecule has 6 nitrogen and oxygen atoms in total. The van der Waals surface area contributed by atoms with Gasteiger partial charge in [0.15, 0.2) is 5.82 Å². The van der Waals surface area contributed by atoms with Gasteiger partial charge in [-0.2, -0.15) is 0 Å². The Morgan fingerprint density at radius 3 is 2.89 bits per heavy atom. The number of anilines is 1. The van der Waals surface area contributed by atoms with E-state index in [2.05, 4.69) is 20.3 Å². The minimum Gasteiger partial charge on any atom is -0.481 e. The first-order valence-corrected chi connectivity index (χ1v) is 5.47. The van der Waals surface area contributed by atoms with Gasteiger partial charge >= 0.3 is 0 Å². The topological polar surface area (TPSA) is 80.2 Å². The molecule has 0 fully saturated rings. The molecule has 0 atom stereocenters. The van der Waals surface area contributed by atoms with Crippen LogP contribution in [0.4, 0.5) is 5.82 Å². The zero-order chi connectivity index (χ0) is 12.8. The third kappa shape index (κ3) is 3.14. The molecule has 0 amide bonds. The highest BCUT2D eigenvalue weighted by molar-refractivity contribution is 5.35. The first kappa shape index (κ1) is 12.3. The van der Waals surface area contributed by atoms with Gasteiger partial charge in [-0.3, -0.25) is 0 Å². The Kier molecular flexibility index (Phi) is 4.03. The van der Waals surface area contributed by atoms with Gasteiger partial charge < -0.3 is 15.2 Å². The lowest BCUT2D eigenvalue weighted by molar-refractivity contribution is 0.271. The van der Waals surface area contributed by atoms with Gasteiger partial charge in [-0.05, 0) is 17.7 Å². The first-order chi connectivity index (χ1) is 8.81. The van der Waals surface area contributed by atoms with Crippen molar-refractivity contribution in [1.82, 2.24) is 15.0 Å². The molecule has 2 N–H and O–H groups in total. The first-order valence-electron chi connectivity index (χ1n) is 5.47. The Bertz CT molecular complexity index is 471. The van der Waals surface area contributed by atoms with Crippen molar-refractivity contribution in [1.29, 1.82) is 0 Å². The zero-order valence-corrected chi connectivity index (χ0v) is 10.00. The van der Waals surface area contributed by atoms with Crippen LogP contribution in [-0.4, -0.2) is 27.2 Å². The monoisotopic (exact) mass is 246 g/mol. The number of aromatic nitrogens is 3. The molecule has 2 aromatic heterocycles. The molecule has 0 radical (unpaired) electrons. The maximum Gasteiger partial charge on any atom is 0.213 e. The number of rotatable bonds is 5. The second-order valence-electron chi connectivity index (χ2n) is 3.58. The van der Waals surface area contributed by atoms with E-state index in [0.717, 1.165) is 5.56 Å². The summed E-state index contributed by atoms with van der Waals surface area (Å²) in [5, 5.41) is 12.1. The van der Waals surface area contributed by atoms with Crippen molar-refractivity contribution in [3.05, 3.63) is 42.0 Å². The summed E-state index contributed by atoms with van der Waals surface area (Å²) < 4.78 is 5.05. The zero-order valence-electron chi connectivity index (χ0n) is 10.00. The van der Waals surface area contributed by atoms with Gasteiger partial charge in [-0.15, -0.1) is 0 Å². The van der Waals surface area contributed by atoms with Gasteiger partial charge in [-0.1, -0.05) is 0 Å². The van der Waals surface area contributed by atoms with Gasteiger partial charge in [0.2, 0.25) is 5.88 Å². The van der Waals surface area contributed by atoms with E-state index in [4.69, 9.17) is 9.84 Å².